The van der Waals surface area contributed by atoms with Crippen molar-refractivity contribution in [2.24, 2.45) is 12.8 Å². The highest BCUT2D eigenvalue weighted by Crippen LogP contribution is 2.27. The van der Waals surface area contributed by atoms with Crippen molar-refractivity contribution in [3.05, 3.63) is 23.7 Å². The van der Waals surface area contributed by atoms with Crippen molar-refractivity contribution >= 4 is 5.95 Å². The quantitative estimate of drug-likeness (QED) is 0.924. The summed E-state index contributed by atoms with van der Waals surface area (Å²) in [4.78, 5) is 11.4. The van der Waals surface area contributed by atoms with Gasteiger partial charge in [0.25, 0.3) is 0 Å². The third-order valence-corrected chi connectivity index (χ3v) is 4.31. The van der Waals surface area contributed by atoms with Crippen molar-refractivity contribution < 1.29 is 0 Å². The molecule has 1 aliphatic rings. The normalized spacial score (nSPS) is 18.5. The molecule has 3 heterocycles. The van der Waals surface area contributed by atoms with Gasteiger partial charge in [-0.25, -0.2) is 9.97 Å². The smallest absolute Gasteiger partial charge is 0.226 e. The first-order chi connectivity index (χ1) is 10.1. The van der Waals surface area contributed by atoms with E-state index in [1.807, 2.05) is 30.9 Å². The van der Waals surface area contributed by atoms with Crippen molar-refractivity contribution in [1.82, 2.24) is 19.7 Å². The van der Waals surface area contributed by atoms with Crippen LogP contribution in [0.1, 0.15) is 24.2 Å². The first-order valence-corrected chi connectivity index (χ1v) is 7.42. The maximum Gasteiger partial charge on any atom is 0.226 e. The molecule has 6 nitrogen and oxygen atoms in total. The lowest BCUT2D eigenvalue weighted by Crippen LogP contribution is -2.36. The number of aryl methyl sites for hydroxylation is 2. The van der Waals surface area contributed by atoms with Crippen molar-refractivity contribution in [1.29, 1.82) is 0 Å². The number of rotatable bonds is 3. The molecule has 2 N–H and O–H groups in total. The van der Waals surface area contributed by atoms with Gasteiger partial charge >= 0.3 is 0 Å². The van der Waals surface area contributed by atoms with Gasteiger partial charge in [-0.3, -0.25) is 4.68 Å². The summed E-state index contributed by atoms with van der Waals surface area (Å²) in [6.45, 7) is 5.72. The maximum absolute atomic E-state index is 5.85. The molecule has 0 radical (unpaired) electrons. The Kier molecular flexibility index (Phi) is 3.63. The Balaban J connectivity index is 2.00. The zero-order valence-electron chi connectivity index (χ0n) is 12.9. The Hall–Kier alpha value is -1.95. The largest absolute Gasteiger partial charge is 0.337 e. The Morgan fingerprint density at radius 3 is 2.86 bits per heavy atom. The molecule has 0 spiro atoms. The molecule has 1 atom stereocenters. The molecule has 0 aliphatic carbocycles. The van der Waals surface area contributed by atoms with Gasteiger partial charge in [-0.05, 0) is 32.8 Å². The van der Waals surface area contributed by atoms with Crippen LogP contribution in [0.25, 0.3) is 11.3 Å². The lowest BCUT2D eigenvalue weighted by molar-refractivity contribution is 0.664. The molecule has 0 bridgehead atoms. The van der Waals surface area contributed by atoms with Gasteiger partial charge in [0.15, 0.2) is 0 Å². The molecule has 0 saturated carbocycles. The molecule has 21 heavy (non-hydrogen) atoms. The molecule has 1 aliphatic heterocycles. The summed E-state index contributed by atoms with van der Waals surface area (Å²) in [5.74, 6) is 0.781. The minimum atomic E-state index is 0.358. The molecule has 112 valence electrons. The molecular weight excluding hydrogens is 264 g/mol. The number of hydrogen-bond acceptors (Lipinski definition) is 5. The second kappa shape index (κ2) is 5.44. The van der Waals surface area contributed by atoms with E-state index in [9.17, 15) is 0 Å². The summed E-state index contributed by atoms with van der Waals surface area (Å²) in [6, 6.07) is 2.31. The molecule has 2 aromatic heterocycles. The third kappa shape index (κ3) is 2.40. The predicted molar refractivity (Wildman–Crippen MR) is 83.1 cm³/mol. The van der Waals surface area contributed by atoms with Gasteiger partial charge in [0.05, 0.1) is 11.4 Å². The number of aromatic nitrogens is 4. The summed E-state index contributed by atoms with van der Waals surface area (Å²) >= 11 is 0. The second-order valence-corrected chi connectivity index (χ2v) is 5.64. The maximum atomic E-state index is 5.85. The van der Waals surface area contributed by atoms with Crippen LogP contribution in [0, 0.1) is 13.8 Å². The molecule has 1 fully saturated rings. The highest BCUT2D eigenvalue weighted by atomic mass is 15.3. The molecule has 1 saturated heterocycles. The van der Waals surface area contributed by atoms with Gasteiger partial charge in [-0.15, -0.1) is 0 Å². The first kappa shape index (κ1) is 14.0. The van der Waals surface area contributed by atoms with Crippen LogP contribution in [0.3, 0.4) is 0 Å². The fourth-order valence-electron chi connectivity index (χ4n) is 3.11. The van der Waals surface area contributed by atoms with Crippen LogP contribution in [-0.2, 0) is 7.05 Å². The zero-order valence-corrected chi connectivity index (χ0v) is 12.9. The van der Waals surface area contributed by atoms with Crippen molar-refractivity contribution in [2.75, 3.05) is 18.0 Å². The van der Waals surface area contributed by atoms with Crippen LogP contribution in [0.4, 0.5) is 5.95 Å². The Morgan fingerprint density at radius 1 is 1.38 bits per heavy atom. The van der Waals surface area contributed by atoms with Crippen LogP contribution >= 0.6 is 0 Å². The SMILES string of the molecule is Cc1nn(C)c(C)c1-c1ccnc(N2CCCC2CN)n1. The third-order valence-electron chi connectivity index (χ3n) is 4.31. The van der Waals surface area contributed by atoms with Gasteiger partial charge in [0.2, 0.25) is 5.95 Å². The van der Waals surface area contributed by atoms with E-state index in [-0.39, 0.29) is 0 Å². The van der Waals surface area contributed by atoms with Gasteiger partial charge < -0.3 is 10.6 Å². The Morgan fingerprint density at radius 2 is 2.19 bits per heavy atom. The summed E-state index contributed by atoms with van der Waals surface area (Å²) in [7, 11) is 1.96. The number of anilines is 1. The Bertz CT molecular complexity index is 648. The second-order valence-electron chi connectivity index (χ2n) is 5.64. The zero-order chi connectivity index (χ0) is 15.0. The van der Waals surface area contributed by atoms with Crippen LogP contribution in [-0.4, -0.2) is 38.9 Å². The van der Waals surface area contributed by atoms with Gasteiger partial charge in [-0.1, -0.05) is 0 Å². The van der Waals surface area contributed by atoms with E-state index in [1.165, 1.54) is 0 Å². The molecule has 1 unspecified atom stereocenters. The van der Waals surface area contributed by atoms with Gasteiger partial charge in [-0.2, -0.15) is 5.10 Å². The molecule has 6 heteroatoms. The lowest BCUT2D eigenvalue weighted by Gasteiger charge is -2.23. The standard InChI is InChI=1S/C15H22N6/c1-10-14(11(2)20(3)19-10)13-6-7-17-15(18-13)21-8-4-5-12(21)9-16/h6-7,12H,4-5,8-9,16H2,1-3H3. The molecule has 3 rings (SSSR count). The highest BCUT2D eigenvalue weighted by Gasteiger charge is 2.26. The van der Waals surface area contributed by atoms with E-state index >= 15 is 0 Å². The van der Waals surface area contributed by atoms with Crippen molar-refractivity contribution in [2.45, 2.75) is 32.7 Å². The Labute approximate surface area is 125 Å². The number of nitrogens with two attached hydrogens (primary N) is 1. The summed E-state index contributed by atoms with van der Waals surface area (Å²) in [6.07, 6.45) is 4.10. The molecule has 0 amide bonds. The van der Waals surface area contributed by atoms with Crippen LogP contribution in [0.5, 0.6) is 0 Å². The summed E-state index contributed by atoms with van der Waals surface area (Å²) in [5.41, 5.74) is 10.0. The predicted octanol–water partition coefficient (Wildman–Crippen LogP) is 1.42. The minimum Gasteiger partial charge on any atom is -0.337 e. The van der Waals surface area contributed by atoms with Gasteiger partial charge in [0.1, 0.15) is 0 Å². The van der Waals surface area contributed by atoms with Crippen LogP contribution in [0.2, 0.25) is 0 Å². The number of nitrogens with zero attached hydrogens (tertiary/aromatic N) is 5. The van der Waals surface area contributed by atoms with Crippen molar-refractivity contribution in [3.8, 4) is 11.3 Å². The lowest BCUT2D eigenvalue weighted by atomic mass is 10.1. The topological polar surface area (TPSA) is 72.9 Å². The van der Waals surface area contributed by atoms with Crippen molar-refractivity contribution in [3.63, 3.8) is 0 Å². The minimum absolute atomic E-state index is 0.358. The van der Waals surface area contributed by atoms with E-state index in [1.54, 1.807) is 0 Å². The average molecular weight is 286 g/mol. The van der Waals surface area contributed by atoms with Gasteiger partial charge in [0, 0.05) is 43.6 Å². The summed E-state index contributed by atoms with van der Waals surface area (Å²) in [5, 5.41) is 4.47. The highest BCUT2D eigenvalue weighted by molar-refractivity contribution is 5.65. The summed E-state index contributed by atoms with van der Waals surface area (Å²) < 4.78 is 1.89. The van der Waals surface area contributed by atoms with E-state index < -0.39 is 0 Å². The van der Waals surface area contributed by atoms with E-state index in [0.717, 1.165) is 48.0 Å². The molecule has 0 aromatic carbocycles. The molecule has 2 aromatic rings. The fraction of sp³-hybridized carbons (Fsp3) is 0.533. The monoisotopic (exact) mass is 286 g/mol. The average Bonchev–Trinajstić information content (AvgIpc) is 3.04. The van der Waals surface area contributed by atoms with Crippen LogP contribution < -0.4 is 10.6 Å². The number of hydrogen-bond donors (Lipinski definition) is 1. The van der Waals surface area contributed by atoms with E-state index in [0.29, 0.717) is 12.6 Å². The molecular formula is C15H22N6. The van der Waals surface area contributed by atoms with Crippen LogP contribution in [0.15, 0.2) is 12.3 Å². The fourth-order valence-corrected chi connectivity index (χ4v) is 3.11. The first-order valence-electron chi connectivity index (χ1n) is 7.42. The van der Waals surface area contributed by atoms with E-state index in [4.69, 9.17) is 10.7 Å². The van der Waals surface area contributed by atoms with E-state index in [2.05, 4.69) is 21.9 Å².